The van der Waals surface area contributed by atoms with Gasteiger partial charge in [0, 0.05) is 15.6 Å². The number of ether oxygens (including phenoxy) is 3. The van der Waals surface area contributed by atoms with E-state index in [1.807, 2.05) is 78.9 Å². The Kier molecular flexibility index (Phi) is 6.14. The zero-order valence-electron chi connectivity index (χ0n) is 18.3. The second kappa shape index (κ2) is 9.53. The fourth-order valence-electron chi connectivity index (χ4n) is 3.68. The highest BCUT2D eigenvalue weighted by molar-refractivity contribution is 9.10. The van der Waals surface area contributed by atoms with E-state index < -0.39 is 5.97 Å². The minimum atomic E-state index is -0.489. The van der Waals surface area contributed by atoms with Gasteiger partial charge in [0.15, 0.2) is 17.2 Å². The standard InChI is InChI=1S/C28H20BrNO4/c1-32-26-15-18(10-13-25(26)33-17-22-8-4-5-9-23(22)29)14-24-28(31)34-27(30-24)21-12-11-19-6-2-3-7-20(19)16-21/h2-16H,17H2,1H3. The third-order valence-corrected chi connectivity index (χ3v) is 6.22. The van der Waals surface area contributed by atoms with Crippen molar-refractivity contribution in [2.24, 2.45) is 4.99 Å². The Morgan fingerprint density at radius 2 is 1.71 bits per heavy atom. The molecule has 0 fully saturated rings. The van der Waals surface area contributed by atoms with Gasteiger partial charge in [-0.1, -0.05) is 70.5 Å². The van der Waals surface area contributed by atoms with Gasteiger partial charge in [0.2, 0.25) is 5.90 Å². The number of cyclic esters (lactones) is 1. The molecular weight excluding hydrogens is 494 g/mol. The lowest BCUT2D eigenvalue weighted by Crippen LogP contribution is -2.05. The molecule has 5 nitrogen and oxygen atoms in total. The van der Waals surface area contributed by atoms with Crippen molar-refractivity contribution in [3.63, 3.8) is 0 Å². The van der Waals surface area contributed by atoms with Crippen molar-refractivity contribution in [1.82, 2.24) is 0 Å². The second-order valence-corrected chi connectivity index (χ2v) is 8.54. The van der Waals surface area contributed by atoms with Gasteiger partial charge >= 0.3 is 5.97 Å². The molecule has 0 saturated heterocycles. The monoisotopic (exact) mass is 513 g/mol. The van der Waals surface area contributed by atoms with Crippen LogP contribution in [0.25, 0.3) is 16.8 Å². The maximum absolute atomic E-state index is 12.5. The van der Waals surface area contributed by atoms with E-state index in [0.29, 0.717) is 24.0 Å². The molecule has 0 aliphatic carbocycles. The van der Waals surface area contributed by atoms with Crippen LogP contribution in [0, 0.1) is 0 Å². The van der Waals surface area contributed by atoms with E-state index in [0.717, 1.165) is 31.9 Å². The molecule has 6 heteroatoms. The molecule has 5 rings (SSSR count). The van der Waals surface area contributed by atoms with Crippen LogP contribution in [0.4, 0.5) is 0 Å². The Hall–Kier alpha value is -3.90. The fourth-order valence-corrected chi connectivity index (χ4v) is 4.08. The number of nitrogens with zero attached hydrogens (tertiary/aromatic N) is 1. The molecule has 4 aromatic rings. The third-order valence-electron chi connectivity index (χ3n) is 5.45. The molecule has 0 aromatic heterocycles. The molecular formula is C28H20BrNO4. The number of rotatable bonds is 6. The molecule has 0 spiro atoms. The van der Waals surface area contributed by atoms with Gasteiger partial charge in [-0.25, -0.2) is 9.79 Å². The van der Waals surface area contributed by atoms with Gasteiger partial charge in [-0.15, -0.1) is 0 Å². The summed E-state index contributed by atoms with van der Waals surface area (Å²) in [5, 5.41) is 2.17. The molecule has 0 bridgehead atoms. The largest absolute Gasteiger partial charge is 0.493 e. The second-order valence-electron chi connectivity index (χ2n) is 7.69. The number of esters is 1. The lowest BCUT2D eigenvalue weighted by molar-refractivity contribution is -0.129. The van der Waals surface area contributed by atoms with Gasteiger partial charge in [0.1, 0.15) is 6.61 Å². The van der Waals surface area contributed by atoms with E-state index >= 15 is 0 Å². The lowest BCUT2D eigenvalue weighted by atomic mass is 10.1. The highest BCUT2D eigenvalue weighted by Crippen LogP contribution is 2.31. The van der Waals surface area contributed by atoms with Gasteiger partial charge in [-0.05, 0) is 52.7 Å². The van der Waals surface area contributed by atoms with E-state index in [1.165, 1.54) is 0 Å². The summed E-state index contributed by atoms with van der Waals surface area (Å²) in [4.78, 5) is 16.9. The SMILES string of the molecule is COc1cc(C=C2N=C(c3ccc4ccccc4c3)OC2=O)ccc1OCc1ccccc1Br. The van der Waals surface area contributed by atoms with Crippen molar-refractivity contribution >= 4 is 44.6 Å². The van der Waals surface area contributed by atoms with Crippen molar-refractivity contribution in [2.75, 3.05) is 7.11 Å². The van der Waals surface area contributed by atoms with E-state index in [1.54, 1.807) is 19.3 Å². The first-order valence-electron chi connectivity index (χ1n) is 10.7. The van der Waals surface area contributed by atoms with Crippen molar-refractivity contribution in [3.8, 4) is 11.5 Å². The maximum Gasteiger partial charge on any atom is 0.363 e. The topological polar surface area (TPSA) is 57.1 Å². The Balaban J connectivity index is 1.38. The van der Waals surface area contributed by atoms with Gasteiger partial charge < -0.3 is 14.2 Å². The number of halogens is 1. The number of aliphatic imine (C=N–C) groups is 1. The van der Waals surface area contributed by atoms with E-state index in [9.17, 15) is 4.79 Å². The molecule has 0 radical (unpaired) electrons. The van der Waals surface area contributed by atoms with E-state index in [4.69, 9.17) is 14.2 Å². The Morgan fingerprint density at radius 3 is 2.53 bits per heavy atom. The zero-order chi connectivity index (χ0) is 23.5. The normalized spacial score (nSPS) is 14.2. The number of methoxy groups -OCH3 is 1. The minimum absolute atomic E-state index is 0.229. The van der Waals surface area contributed by atoms with Crippen molar-refractivity contribution in [2.45, 2.75) is 6.61 Å². The number of hydrogen-bond acceptors (Lipinski definition) is 5. The molecule has 4 aromatic carbocycles. The van der Waals surface area contributed by atoms with Crippen LogP contribution >= 0.6 is 15.9 Å². The number of benzene rings is 4. The average Bonchev–Trinajstić information content (AvgIpc) is 3.23. The van der Waals surface area contributed by atoms with Gasteiger partial charge in [0.25, 0.3) is 0 Å². The maximum atomic E-state index is 12.5. The third kappa shape index (κ3) is 4.58. The predicted octanol–water partition coefficient (Wildman–Crippen LogP) is 6.53. The zero-order valence-corrected chi connectivity index (χ0v) is 19.9. The Morgan fingerprint density at radius 1 is 0.912 bits per heavy atom. The summed E-state index contributed by atoms with van der Waals surface area (Å²) in [5.74, 6) is 0.972. The molecule has 1 heterocycles. The highest BCUT2D eigenvalue weighted by atomic mass is 79.9. The van der Waals surface area contributed by atoms with E-state index in [2.05, 4.69) is 20.9 Å². The van der Waals surface area contributed by atoms with Crippen LogP contribution in [0.2, 0.25) is 0 Å². The highest BCUT2D eigenvalue weighted by Gasteiger charge is 2.24. The summed E-state index contributed by atoms with van der Waals surface area (Å²) in [6, 6.07) is 27.2. The van der Waals surface area contributed by atoms with Crippen LogP contribution in [0.15, 0.2) is 100 Å². The molecule has 1 aliphatic heterocycles. The number of fused-ring (bicyclic) bond motifs is 1. The summed E-state index contributed by atoms with van der Waals surface area (Å²) in [6.07, 6.45) is 1.68. The quantitative estimate of drug-likeness (QED) is 0.217. The van der Waals surface area contributed by atoms with Crippen LogP contribution < -0.4 is 9.47 Å². The molecule has 1 aliphatic rings. The van der Waals surface area contributed by atoms with Gasteiger partial charge in [0.05, 0.1) is 7.11 Å². The summed E-state index contributed by atoms with van der Waals surface area (Å²) in [5.41, 5.74) is 2.76. The first-order valence-corrected chi connectivity index (χ1v) is 11.5. The molecule has 168 valence electrons. The number of hydrogen-bond donors (Lipinski definition) is 0. The molecule has 34 heavy (non-hydrogen) atoms. The van der Waals surface area contributed by atoms with Crippen LogP contribution in [0.3, 0.4) is 0 Å². The van der Waals surface area contributed by atoms with Crippen LogP contribution in [-0.4, -0.2) is 19.0 Å². The molecule has 0 N–H and O–H groups in total. The minimum Gasteiger partial charge on any atom is -0.493 e. The van der Waals surface area contributed by atoms with Crippen molar-refractivity contribution < 1.29 is 19.0 Å². The van der Waals surface area contributed by atoms with Gasteiger partial charge in [-0.2, -0.15) is 0 Å². The first-order chi connectivity index (χ1) is 16.6. The molecule has 0 atom stereocenters. The summed E-state index contributed by atoms with van der Waals surface area (Å²) < 4.78 is 17.9. The Bertz CT molecular complexity index is 1460. The molecule has 0 unspecified atom stereocenters. The fraction of sp³-hybridized carbons (Fsp3) is 0.0714. The lowest BCUT2D eigenvalue weighted by Gasteiger charge is -2.12. The smallest absolute Gasteiger partial charge is 0.363 e. The van der Waals surface area contributed by atoms with Crippen molar-refractivity contribution in [1.29, 1.82) is 0 Å². The first kappa shape index (κ1) is 21.9. The summed E-state index contributed by atoms with van der Waals surface area (Å²) in [6.45, 7) is 0.393. The van der Waals surface area contributed by atoms with Gasteiger partial charge in [-0.3, -0.25) is 0 Å². The number of carbonyl (C=O) groups is 1. The number of carbonyl (C=O) groups excluding carboxylic acids is 1. The summed E-state index contributed by atoms with van der Waals surface area (Å²) >= 11 is 3.53. The van der Waals surface area contributed by atoms with Crippen molar-refractivity contribution in [3.05, 3.63) is 112 Å². The van der Waals surface area contributed by atoms with Crippen LogP contribution in [0.5, 0.6) is 11.5 Å². The summed E-state index contributed by atoms with van der Waals surface area (Å²) in [7, 11) is 1.58. The predicted molar refractivity (Wildman–Crippen MR) is 136 cm³/mol. The Labute approximate surface area is 205 Å². The molecule has 0 saturated carbocycles. The van der Waals surface area contributed by atoms with Crippen LogP contribution in [0.1, 0.15) is 16.7 Å². The van der Waals surface area contributed by atoms with E-state index in [-0.39, 0.29) is 5.70 Å². The average molecular weight is 514 g/mol. The molecule has 0 amide bonds. The van der Waals surface area contributed by atoms with Crippen LogP contribution in [-0.2, 0) is 16.1 Å².